The summed E-state index contributed by atoms with van der Waals surface area (Å²) in [5.74, 6) is -1.37. The molecule has 28 heavy (non-hydrogen) atoms. The van der Waals surface area contributed by atoms with Gasteiger partial charge in [-0.1, -0.05) is 18.2 Å². The third kappa shape index (κ3) is 4.55. The Kier molecular flexibility index (Phi) is 6.06. The number of aromatic carboxylic acids is 1. The van der Waals surface area contributed by atoms with Gasteiger partial charge in [0.15, 0.2) is 0 Å². The van der Waals surface area contributed by atoms with Crippen molar-refractivity contribution >= 4 is 29.2 Å². The SMILES string of the molecule is COCc1cc(NC(=O)CCN2C(=O)CCc3ccccc32)cc(C(=O)O)c1. The van der Waals surface area contributed by atoms with E-state index in [2.05, 4.69) is 5.32 Å². The van der Waals surface area contributed by atoms with Crippen LogP contribution >= 0.6 is 0 Å². The van der Waals surface area contributed by atoms with Gasteiger partial charge in [-0.15, -0.1) is 0 Å². The molecule has 7 heteroatoms. The lowest BCUT2D eigenvalue weighted by molar-refractivity contribution is -0.119. The number of nitrogens with one attached hydrogen (secondary N) is 1. The molecule has 0 spiro atoms. The summed E-state index contributed by atoms with van der Waals surface area (Å²) in [6.45, 7) is 0.508. The summed E-state index contributed by atoms with van der Waals surface area (Å²) in [6, 6.07) is 12.3. The molecule has 146 valence electrons. The van der Waals surface area contributed by atoms with E-state index in [1.165, 1.54) is 19.2 Å². The normalized spacial score (nSPS) is 13.2. The lowest BCUT2D eigenvalue weighted by Gasteiger charge is -2.29. The summed E-state index contributed by atoms with van der Waals surface area (Å²) in [5, 5.41) is 12.0. The molecular formula is C21H22N2O5. The van der Waals surface area contributed by atoms with E-state index in [0.29, 0.717) is 24.1 Å². The molecular weight excluding hydrogens is 360 g/mol. The van der Waals surface area contributed by atoms with Crippen LogP contribution in [0.1, 0.15) is 34.3 Å². The molecule has 7 nitrogen and oxygen atoms in total. The molecule has 0 radical (unpaired) electrons. The smallest absolute Gasteiger partial charge is 0.335 e. The van der Waals surface area contributed by atoms with Crippen LogP contribution in [0.5, 0.6) is 0 Å². The topological polar surface area (TPSA) is 95.9 Å². The molecule has 0 atom stereocenters. The molecule has 0 bridgehead atoms. The van der Waals surface area contributed by atoms with Crippen molar-refractivity contribution in [2.75, 3.05) is 23.9 Å². The maximum Gasteiger partial charge on any atom is 0.335 e. The van der Waals surface area contributed by atoms with Crippen molar-refractivity contribution in [3.63, 3.8) is 0 Å². The molecule has 0 aromatic heterocycles. The quantitative estimate of drug-likeness (QED) is 0.768. The molecule has 2 aromatic rings. The summed E-state index contributed by atoms with van der Waals surface area (Å²) in [5.41, 5.74) is 3.06. The molecule has 3 rings (SSSR count). The minimum absolute atomic E-state index is 0.00163. The summed E-state index contributed by atoms with van der Waals surface area (Å²) in [7, 11) is 1.51. The van der Waals surface area contributed by atoms with Crippen LogP contribution in [0.2, 0.25) is 0 Å². The standard InChI is InChI=1S/C21H22N2O5/c1-28-13-14-10-16(21(26)27)12-17(11-14)22-19(24)8-9-23-18-5-3-2-4-15(18)6-7-20(23)25/h2-5,10-12H,6-9,13H2,1H3,(H,22,24)(H,26,27). The van der Waals surface area contributed by atoms with Gasteiger partial charge in [0.25, 0.3) is 0 Å². The van der Waals surface area contributed by atoms with Gasteiger partial charge in [0.05, 0.1) is 12.2 Å². The van der Waals surface area contributed by atoms with E-state index in [4.69, 9.17) is 4.74 Å². The van der Waals surface area contributed by atoms with Gasteiger partial charge in [-0.25, -0.2) is 4.79 Å². The number of carboxylic acid groups (broad SMARTS) is 1. The Bertz CT molecular complexity index is 909. The molecule has 0 aliphatic carbocycles. The average molecular weight is 382 g/mol. The van der Waals surface area contributed by atoms with Gasteiger partial charge in [0.2, 0.25) is 11.8 Å². The fraction of sp³-hybridized carbons (Fsp3) is 0.286. The Morgan fingerprint density at radius 2 is 1.96 bits per heavy atom. The largest absolute Gasteiger partial charge is 0.478 e. The number of hydrogen-bond donors (Lipinski definition) is 2. The van der Waals surface area contributed by atoms with Gasteiger partial charge >= 0.3 is 5.97 Å². The number of aryl methyl sites for hydroxylation is 1. The number of fused-ring (bicyclic) bond motifs is 1. The highest BCUT2D eigenvalue weighted by atomic mass is 16.5. The van der Waals surface area contributed by atoms with Crippen molar-refractivity contribution < 1.29 is 24.2 Å². The number of rotatable bonds is 7. The Labute approximate surface area is 162 Å². The van der Waals surface area contributed by atoms with Crippen LogP contribution in [-0.2, 0) is 27.4 Å². The van der Waals surface area contributed by atoms with Crippen LogP contribution < -0.4 is 10.2 Å². The monoisotopic (exact) mass is 382 g/mol. The van der Waals surface area contributed by atoms with Gasteiger partial charge in [-0.05, 0) is 41.8 Å². The number of carbonyl (C=O) groups is 3. The molecule has 2 amide bonds. The minimum atomic E-state index is -1.08. The van der Waals surface area contributed by atoms with Gasteiger partial charge < -0.3 is 20.1 Å². The minimum Gasteiger partial charge on any atom is -0.478 e. The van der Waals surface area contributed by atoms with Crippen LogP contribution in [0, 0.1) is 0 Å². The number of nitrogens with zero attached hydrogens (tertiary/aromatic N) is 1. The van der Waals surface area contributed by atoms with Gasteiger partial charge in [-0.3, -0.25) is 9.59 Å². The summed E-state index contributed by atoms with van der Waals surface area (Å²) in [6.07, 6.45) is 1.25. The first-order chi connectivity index (χ1) is 13.5. The second-order valence-electron chi connectivity index (χ2n) is 6.63. The third-order valence-electron chi connectivity index (χ3n) is 4.59. The van der Waals surface area contributed by atoms with Crippen molar-refractivity contribution in [3.05, 3.63) is 59.2 Å². The lowest BCUT2D eigenvalue weighted by Crippen LogP contribution is -2.37. The molecule has 0 saturated heterocycles. The highest BCUT2D eigenvalue weighted by Crippen LogP contribution is 2.27. The first kappa shape index (κ1) is 19.6. The number of benzene rings is 2. The van der Waals surface area contributed by atoms with Crippen molar-refractivity contribution in [1.82, 2.24) is 0 Å². The zero-order valence-electron chi connectivity index (χ0n) is 15.6. The summed E-state index contributed by atoms with van der Waals surface area (Å²) < 4.78 is 5.04. The number of para-hydroxylation sites is 1. The number of hydrogen-bond acceptors (Lipinski definition) is 4. The molecule has 0 saturated carbocycles. The Hall–Kier alpha value is -3.19. The predicted octanol–water partition coefficient (Wildman–Crippen LogP) is 2.84. The van der Waals surface area contributed by atoms with E-state index in [1.807, 2.05) is 24.3 Å². The lowest BCUT2D eigenvalue weighted by atomic mass is 10.0. The van der Waals surface area contributed by atoms with Crippen molar-refractivity contribution in [2.45, 2.75) is 25.9 Å². The third-order valence-corrected chi connectivity index (χ3v) is 4.59. The van der Waals surface area contributed by atoms with E-state index in [0.717, 1.165) is 11.3 Å². The van der Waals surface area contributed by atoms with E-state index in [9.17, 15) is 19.5 Å². The number of carboxylic acids is 1. The van der Waals surface area contributed by atoms with Crippen molar-refractivity contribution in [1.29, 1.82) is 0 Å². The van der Waals surface area contributed by atoms with E-state index in [-0.39, 0.29) is 37.0 Å². The van der Waals surface area contributed by atoms with Crippen molar-refractivity contribution in [2.24, 2.45) is 0 Å². The zero-order valence-corrected chi connectivity index (χ0v) is 15.6. The maximum absolute atomic E-state index is 12.4. The highest BCUT2D eigenvalue weighted by molar-refractivity contribution is 5.98. The van der Waals surface area contributed by atoms with Gasteiger partial charge in [0, 0.05) is 37.9 Å². The zero-order chi connectivity index (χ0) is 20.1. The Morgan fingerprint density at radius 3 is 2.71 bits per heavy atom. The second kappa shape index (κ2) is 8.67. The Morgan fingerprint density at radius 1 is 1.18 bits per heavy atom. The molecule has 1 aliphatic rings. The first-order valence-corrected chi connectivity index (χ1v) is 9.02. The van der Waals surface area contributed by atoms with Crippen LogP contribution in [0.25, 0.3) is 0 Å². The van der Waals surface area contributed by atoms with Crippen LogP contribution in [-0.4, -0.2) is 36.5 Å². The van der Waals surface area contributed by atoms with Crippen LogP contribution in [0.4, 0.5) is 11.4 Å². The van der Waals surface area contributed by atoms with Crippen LogP contribution in [0.15, 0.2) is 42.5 Å². The number of anilines is 2. The number of ether oxygens (including phenoxy) is 1. The molecule has 0 fully saturated rings. The molecule has 1 aliphatic heterocycles. The first-order valence-electron chi connectivity index (χ1n) is 9.02. The number of amides is 2. The average Bonchev–Trinajstić information content (AvgIpc) is 2.67. The Balaban J connectivity index is 1.68. The van der Waals surface area contributed by atoms with E-state index >= 15 is 0 Å². The van der Waals surface area contributed by atoms with Gasteiger partial charge in [-0.2, -0.15) is 0 Å². The molecule has 0 unspecified atom stereocenters. The number of carbonyl (C=O) groups excluding carboxylic acids is 2. The summed E-state index contributed by atoms with van der Waals surface area (Å²) in [4.78, 5) is 37.6. The van der Waals surface area contributed by atoms with Crippen molar-refractivity contribution in [3.8, 4) is 0 Å². The molecule has 2 aromatic carbocycles. The molecule has 1 heterocycles. The maximum atomic E-state index is 12.4. The van der Waals surface area contributed by atoms with Gasteiger partial charge in [0.1, 0.15) is 0 Å². The predicted molar refractivity (Wildman–Crippen MR) is 104 cm³/mol. The van der Waals surface area contributed by atoms with E-state index < -0.39 is 5.97 Å². The highest BCUT2D eigenvalue weighted by Gasteiger charge is 2.24. The fourth-order valence-electron chi connectivity index (χ4n) is 3.32. The molecule has 2 N–H and O–H groups in total. The number of methoxy groups -OCH3 is 1. The second-order valence-corrected chi connectivity index (χ2v) is 6.63. The van der Waals surface area contributed by atoms with Crippen LogP contribution in [0.3, 0.4) is 0 Å². The fourth-order valence-corrected chi connectivity index (χ4v) is 3.32. The van der Waals surface area contributed by atoms with E-state index in [1.54, 1.807) is 11.0 Å². The summed E-state index contributed by atoms with van der Waals surface area (Å²) >= 11 is 0.